The van der Waals surface area contributed by atoms with E-state index in [1.165, 1.54) is 12.0 Å². The van der Waals surface area contributed by atoms with E-state index in [1.54, 1.807) is 0 Å². The first kappa shape index (κ1) is 15.0. The lowest BCUT2D eigenvalue weighted by molar-refractivity contribution is -0.139. The molecule has 1 aliphatic rings. The molecule has 1 amide bonds. The summed E-state index contributed by atoms with van der Waals surface area (Å²) in [6.07, 6.45) is 4.10. The second-order valence-corrected chi connectivity index (χ2v) is 5.26. The monoisotopic (exact) mass is 276 g/mol. The van der Waals surface area contributed by atoms with E-state index in [0.717, 1.165) is 25.8 Å². The molecular formula is C16H24N2O2. The zero-order chi connectivity index (χ0) is 14.2. The summed E-state index contributed by atoms with van der Waals surface area (Å²) in [6, 6.07) is 10.4. The van der Waals surface area contributed by atoms with Crippen LogP contribution in [-0.4, -0.2) is 43.2 Å². The van der Waals surface area contributed by atoms with Crippen LogP contribution < -0.4 is 5.73 Å². The lowest BCUT2D eigenvalue weighted by Crippen LogP contribution is -2.48. The lowest BCUT2D eigenvalue weighted by Gasteiger charge is -2.35. The molecule has 0 aromatic heterocycles. The number of likely N-dealkylation sites (tertiary alicyclic amines) is 1. The van der Waals surface area contributed by atoms with Crippen molar-refractivity contribution in [1.29, 1.82) is 0 Å². The molecule has 0 spiro atoms. The average molecular weight is 276 g/mol. The first-order valence-corrected chi connectivity index (χ1v) is 7.42. The van der Waals surface area contributed by atoms with Crippen molar-refractivity contribution in [2.24, 2.45) is 5.73 Å². The number of benzene rings is 1. The molecular weight excluding hydrogens is 252 g/mol. The number of rotatable bonds is 6. The van der Waals surface area contributed by atoms with Crippen LogP contribution in [0.2, 0.25) is 0 Å². The minimum Gasteiger partial charge on any atom is -0.371 e. The van der Waals surface area contributed by atoms with E-state index in [0.29, 0.717) is 13.2 Å². The summed E-state index contributed by atoms with van der Waals surface area (Å²) in [5.74, 6) is 0.0770. The van der Waals surface area contributed by atoms with Gasteiger partial charge in [0, 0.05) is 19.1 Å². The fourth-order valence-electron chi connectivity index (χ4n) is 2.65. The highest BCUT2D eigenvalue weighted by Gasteiger charge is 2.25. The Balaban J connectivity index is 1.69. The molecule has 4 heteroatoms. The number of carbonyl (C=O) groups excluding carboxylic acids is 1. The van der Waals surface area contributed by atoms with Gasteiger partial charge in [0.05, 0.1) is 6.61 Å². The van der Waals surface area contributed by atoms with E-state index < -0.39 is 0 Å². The van der Waals surface area contributed by atoms with Gasteiger partial charge in [0.1, 0.15) is 6.61 Å². The molecule has 1 aromatic carbocycles. The first-order chi connectivity index (χ1) is 9.81. The summed E-state index contributed by atoms with van der Waals surface area (Å²) in [6.45, 7) is 2.12. The van der Waals surface area contributed by atoms with E-state index in [2.05, 4.69) is 12.1 Å². The smallest absolute Gasteiger partial charge is 0.248 e. The summed E-state index contributed by atoms with van der Waals surface area (Å²) in [4.78, 5) is 14.0. The van der Waals surface area contributed by atoms with Crippen LogP contribution in [0.25, 0.3) is 0 Å². The van der Waals surface area contributed by atoms with E-state index >= 15 is 0 Å². The molecule has 4 nitrogen and oxygen atoms in total. The van der Waals surface area contributed by atoms with Gasteiger partial charge in [-0.3, -0.25) is 4.79 Å². The highest BCUT2D eigenvalue weighted by Crippen LogP contribution is 2.16. The highest BCUT2D eigenvalue weighted by atomic mass is 16.5. The molecule has 2 N–H and O–H groups in total. The van der Waals surface area contributed by atoms with Crippen molar-refractivity contribution in [1.82, 2.24) is 4.90 Å². The van der Waals surface area contributed by atoms with Crippen LogP contribution in [0.15, 0.2) is 30.3 Å². The Morgan fingerprint density at radius 3 is 2.85 bits per heavy atom. The van der Waals surface area contributed by atoms with Gasteiger partial charge in [0.15, 0.2) is 0 Å². The molecule has 1 heterocycles. The van der Waals surface area contributed by atoms with Crippen molar-refractivity contribution in [2.45, 2.75) is 31.7 Å². The second-order valence-electron chi connectivity index (χ2n) is 5.26. The normalized spacial score (nSPS) is 19.1. The van der Waals surface area contributed by atoms with Crippen molar-refractivity contribution in [3.8, 4) is 0 Å². The van der Waals surface area contributed by atoms with Crippen LogP contribution in [0.4, 0.5) is 0 Å². The predicted octanol–water partition coefficient (Wildman–Crippen LogP) is 1.59. The molecule has 1 aromatic rings. The second kappa shape index (κ2) is 8.02. The Hall–Kier alpha value is -1.39. The summed E-state index contributed by atoms with van der Waals surface area (Å²) in [7, 11) is 0. The number of carbonyl (C=O) groups is 1. The van der Waals surface area contributed by atoms with Crippen molar-refractivity contribution >= 4 is 5.91 Å². The maximum atomic E-state index is 12.1. The van der Waals surface area contributed by atoms with Crippen LogP contribution in [0.3, 0.4) is 0 Å². The van der Waals surface area contributed by atoms with Gasteiger partial charge in [-0.1, -0.05) is 30.3 Å². The van der Waals surface area contributed by atoms with Gasteiger partial charge in [-0.05, 0) is 31.2 Å². The van der Waals surface area contributed by atoms with E-state index in [4.69, 9.17) is 10.5 Å². The number of hydrogen-bond donors (Lipinski definition) is 1. The van der Waals surface area contributed by atoms with Gasteiger partial charge < -0.3 is 15.4 Å². The maximum Gasteiger partial charge on any atom is 0.248 e. The summed E-state index contributed by atoms with van der Waals surface area (Å²) >= 11 is 0. The van der Waals surface area contributed by atoms with Crippen LogP contribution in [0, 0.1) is 0 Å². The minimum atomic E-state index is 0.0770. The van der Waals surface area contributed by atoms with Gasteiger partial charge >= 0.3 is 0 Å². The fourth-order valence-corrected chi connectivity index (χ4v) is 2.65. The zero-order valence-corrected chi connectivity index (χ0v) is 12.0. The molecule has 0 bridgehead atoms. The SMILES string of the molecule is NCC1CCCCN1C(=O)COCCc1ccccc1. The van der Waals surface area contributed by atoms with E-state index in [-0.39, 0.29) is 18.6 Å². The number of hydrogen-bond acceptors (Lipinski definition) is 3. The maximum absolute atomic E-state index is 12.1. The Morgan fingerprint density at radius 2 is 2.10 bits per heavy atom. The van der Waals surface area contributed by atoms with Gasteiger partial charge in [-0.15, -0.1) is 0 Å². The lowest BCUT2D eigenvalue weighted by atomic mass is 10.0. The highest BCUT2D eigenvalue weighted by molar-refractivity contribution is 5.77. The van der Waals surface area contributed by atoms with Crippen LogP contribution >= 0.6 is 0 Å². The molecule has 1 unspecified atom stereocenters. The summed E-state index contributed by atoms with van der Waals surface area (Å²) < 4.78 is 5.51. The number of amides is 1. The van der Waals surface area contributed by atoms with Crippen LogP contribution in [-0.2, 0) is 16.0 Å². The Labute approximate surface area is 120 Å². The largest absolute Gasteiger partial charge is 0.371 e. The van der Waals surface area contributed by atoms with Gasteiger partial charge in [0.25, 0.3) is 0 Å². The molecule has 0 radical (unpaired) electrons. The quantitative estimate of drug-likeness (QED) is 0.803. The summed E-state index contributed by atoms with van der Waals surface area (Å²) in [5, 5.41) is 0. The molecule has 20 heavy (non-hydrogen) atoms. The number of nitrogens with zero attached hydrogens (tertiary/aromatic N) is 1. The third kappa shape index (κ3) is 4.32. The van der Waals surface area contributed by atoms with Crippen molar-refractivity contribution in [3.63, 3.8) is 0 Å². The van der Waals surface area contributed by atoms with Gasteiger partial charge in [-0.2, -0.15) is 0 Å². The molecule has 0 saturated carbocycles. The van der Waals surface area contributed by atoms with Crippen molar-refractivity contribution < 1.29 is 9.53 Å². The van der Waals surface area contributed by atoms with Crippen LogP contribution in [0.5, 0.6) is 0 Å². The van der Waals surface area contributed by atoms with E-state index in [9.17, 15) is 4.79 Å². The Bertz CT molecular complexity index is 408. The topological polar surface area (TPSA) is 55.6 Å². The van der Waals surface area contributed by atoms with Gasteiger partial charge in [-0.25, -0.2) is 0 Å². The molecule has 1 aliphatic heterocycles. The molecule has 1 atom stereocenters. The third-order valence-corrected chi connectivity index (χ3v) is 3.82. The molecule has 0 aliphatic carbocycles. The van der Waals surface area contributed by atoms with Crippen LogP contribution in [0.1, 0.15) is 24.8 Å². The summed E-state index contributed by atoms with van der Waals surface area (Å²) in [5.41, 5.74) is 6.96. The molecule has 1 saturated heterocycles. The first-order valence-electron chi connectivity index (χ1n) is 7.42. The number of nitrogens with two attached hydrogens (primary N) is 1. The Kier molecular flexibility index (Phi) is 6.02. The molecule has 1 fully saturated rings. The predicted molar refractivity (Wildman–Crippen MR) is 79.4 cm³/mol. The molecule has 2 rings (SSSR count). The molecule has 110 valence electrons. The third-order valence-electron chi connectivity index (χ3n) is 3.82. The minimum absolute atomic E-state index is 0.0770. The average Bonchev–Trinajstić information content (AvgIpc) is 2.52. The fraction of sp³-hybridized carbons (Fsp3) is 0.562. The van der Waals surface area contributed by atoms with E-state index in [1.807, 2.05) is 23.1 Å². The number of piperidine rings is 1. The van der Waals surface area contributed by atoms with Gasteiger partial charge in [0.2, 0.25) is 5.91 Å². The number of ether oxygens (including phenoxy) is 1. The standard InChI is InChI=1S/C16H24N2O2/c17-12-15-8-4-5-10-18(15)16(19)13-20-11-9-14-6-2-1-3-7-14/h1-3,6-7,15H,4-5,8-13,17H2. The zero-order valence-electron chi connectivity index (χ0n) is 12.0. The van der Waals surface area contributed by atoms with Crippen molar-refractivity contribution in [2.75, 3.05) is 26.3 Å². The Morgan fingerprint density at radius 1 is 1.30 bits per heavy atom. The van der Waals surface area contributed by atoms with Crippen molar-refractivity contribution in [3.05, 3.63) is 35.9 Å².